The normalized spacial score (nSPS) is 11.0. The topological polar surface area (TPSA) is 70.4 Å². The lowest BCUT2D eigenvalue weighted by Gasteiger charge is -2.13. The molecule has 3 aromatic rings. The Bertz CT molecular complexity index is 1070. The number of rotatable bonds is 7. The third kappa shape index (κ3) is 3.93. The Morgan fingerprint density at radius 1 is 1.32 bits per heavy atom. The third-order valence-corrected chi connectivity index (χ3v) is 6.70. The first-order valence-electron chi connectivity index (χ1n) is 8.89. The van der Waals surface area contributed by atoms with Gasteiger partial charge in [0.2, 0.25) is 0 Å². The smallest absolute Gasteiger partial charge is 0.306 e. The van der Waals surface area contributed by atoms with Gasteiger partial charge in [0.05, 0.1) is 31.7 Å². The van der Waals surface area contributed by atoms with Crippen LogP contribution in [0, 0.1) is 6.92 Å². The lowest BCUT2D eigenvalue weighted by Crippen LogP contribution is -2.22. The molecule has 8 heteroatoms. The molecule has 2 heterocycles. The van der Waals surface area contributed by atoms with Gasteiger partial charge in [-0.05, 0) is 31.0 Å². The second-order valence-corrected chi connectivity index (χ2v) is 8.24. The number of nitrogens with zero attached hydrogens (tertiary/aromatic N) is 2. The molecule has 0 N–H and O–H groups in total. The highest BCUT2D eigenvalue weighted by Crippen LogP contribution is 2.31. The van der Waals surface area contributed by atoms with Gasteiger partial charge < -0.3 is 9.47 Å². The molecular formula is C20H22N2O4S2. The van der Waals surface area contributed by atoms with Gasteiger partial charge in [0.1, 0.15) is 10.6 Å². The van der Waals surface area contributed by atoms with Crippen molar-refractivity contribution in [3.05, 3.63) is 45.1 Å². The van der Waals surface area contributed by atoms with Crippen molar-refractivity contribution in [3.8, 4) is 11.4 Å². The fourth-order valence-electron chi connectivity index (χ4n) is 2.95. The third-order valence-electron chi connectivity index (χ3n) is 4.43. The minimum atomic E-state index is -0.288. The van der Waals surface area contributed by atoms with Crippen LogP contribution < -0.4 is 10.3 Å². The maximum Gasteiger partial charge on any atom is 0.306 e. The summed E-state index contributed by atoms with van der Waals surface area (Å²) in [6.45, 7) is 4.05. The van der Waals surface area contributed by atoms with Crippen molar-refractivity contribution in [3.63, 3.8) is 0 Å². The second-order valence-electron chi connectivity index (χ2n) is 6.09. The molecule has 148 valence electrons. The lowest BCUT2D eigenvalue weighted by atomic mass is 10.2. The SMILES string of the molecule is CCc1sc2nc(SCCC(=O)OC)n(-c3cccc(OC)c3)c(=O)c2c1C. The van der Waals surface area contributed by atoms with Crippen LogP contribution in [0.15, 0.2) is 34.2 Å². The molecule has 0 aliphatic heterocycles. The zero-order valence-electron chi connectivity index (χ0n) is 16.3. The molecule has 0 aliphatic carbocycles. The summed E-state index contributed by atoms with van der Waals surface area (Å²) >= 11 is 2.92. The van der Waals surface area contributed by atoms with E-state index in [4.69, 9.17) is 14.5 Å². The quantitative estimate of drug-likeness (QED) is 0.328. The van der Waals surface area contributed by atoms with E-state index in [-0.39, 0.29) is 17.9 Å². The fourth-order valence-corrected chi connectivity index (χ4v) is 5.04. The first-order chi connectivity index (χ1) is 13.5. The zero-order valence-corrected chi connectivity index (χ0v) is 17.9. The standard InChI is InChI=1S/C20H22N2O4S2/c1-5-15-12(2)17-18(28-15)21-20(27-10-9-16(23)26-4)22(19(17)24)13-7-6-8-14(11-13)25-3/h6-8,11H,5,9-10H2,1-4H3. The molecule has 0 atom stereocenters. The minimum Gasteiger partial charge on any atom is -0.497 e. The number of thioether (sulfide) groups is 1. The average molecular weight is 419 g/mol. The van der Waals surface area contributed by atoms with Crippen LogP contribution in [0.3, 0.4) is 0 Å². The largest absolute Gasteiger partial charge is 0.497 e. The van der Waals surface area contributed by atoms with Gasteiger partial charge in [-0.15, -0.1) is 11.3 Å². The number of ether oxygens (including phenoxy) is 2. The van der Waals surface area contributed by atoms with Crippen LogP contribution in [0.5, 0.6) is 5.75 Å². The van der Waals surface area contributed by atoms with E-state index < -0.39 is 0 Å². The average Bonchev–Trinajstić information content (AvgIpc) is 3.03. The first-order valence-corrected chi connectivity index (χ1v) is 10.7. The summed E-state index contributed by atoms with van der Waals surface area (Å²) in [5, 5.41) is 1.21. The number of thiophene rings is 1. The van der Waals surface area contributed by atoms with Gasteiger partial charge >= 0.3 is 5.97 Å². The van der Waals surface area contributed by atoms with Crippen LogP contribution in [-0.2, 0) is 16.0 Å². The summed E-state index contributed by atoms with van der Waals surface area (Å²) in [6.07, 6.45) is 1.10. The van der Waals surface area contributed by atoms with Crippen molar-refractivity contribution >= 4 is 39.3 Å². The van der Waals surface area contributed by atoms with Crippen molar-refractivity contribution < 1.29 is 14.3 Å². The van der Waals surface area contributed by atoms with E-state index in [0.717, 1.165) is 21.7 Å². The number of hydrogen-bond donors (Lipinski definition) is 0. The van der Waals surface area contributed by atoms with Gasteiger partial charge in [-0.1, -0.05) is 24.8 Å². The van der Waals surface area contributed by atoms with Crippen molar-refractivity contribution in [2.45, 2.75) is 31.8 Å². The number of benzene rings is 1. The molecule has 0 unspecified atom stereocenters. The molecule has 3 rings (SSSR count). The first kappa shape index (κ1) is 20.4. The number of hydrogen-bond acceptors (Lipinski definition) is 7. The Kier molecular flexibility index (Phi) is 6.41. The summed E-state index contributed by atoms with van der Waals surface area (Å²) in [5.74, 6) is 0.843. The Hall–Kier alpha value is -2.32. The Morgan fingerprint density at radius 3 is 2.79 bits per heavy atom. The van der Waals surface area contributed by atoms with Crippen LogP contribution in [-0.4, -0.2) is 35.5 Å². The van der Waals surface area contributed by atoms with Crippen LogP contribution in [0.25, 0.3) is 15.9 Å². The Morgan fingerprint density at radius 2 is 2.11 bits per heavy atom. The van der Waals surface area contributed by atoms with Crippen molar-refractivity contribution in [2.75, 3.05) is 20.0 Å². The molecule has 0 amide bonds. The number of aryl methyl sites for hydroxylation is 2. The van der Waals surface area contributed by atoms with Gasteiger partial charge in [0, 0.05) is 16.7 Å². The number of aromatic nitrogens is 2. The highest BCUT2D eigenvalue weighted by Gasteiger charge is 2.19. The lowest BCUT2D eigenvalue weighted by molar-refractivity contribution is -0.140. The molecule has 0 radical (unpaired) electrons. The van der Waals surface area contributed by atoms with E-state index >= 15 is 0 Å². The molecule has 0 aliphatic rings. The minimum absolute atomic E-state index is 0.104. The zero-order chi connectivity index (χ0) is 20.3. The predicted molar refractivity (Wildman–Crippen MR) is 113 cm³/mol. The molecule has 0 saturated heterocycles. The van der Waals surface area contributed by atoms with Gasteiger partial charge in [0.25, 0.3) is 5.56 Å². The molecule has 0 fully saturated rings. The number of fused-ring (bicyclic) bond motifs is 1. The van der Waals surface area contributed by atoms with E-state index in [0.29, 0.717) is 27.7 Å². The van der Waals surface area contributed by atoms with Crippen LogP contribution in [0.2, 0.25) is 0 Å². The van der Waals surface area contributed by atoms with Crippen molar-refractivity contribution in [2.24, 2.45) is 0 Å². The Labute approximate surface area is 171 Å². The number of carbonyl (C=O) groups is 1. The second kappa shape index (κ2) is 8.79. The summed E-state index contributed by atoms with van der Waals surface area (Å²) in [5.41, 5.74) is 1.57. The predicted octanol–water partition coefficient (Wildman–Crippen LogP) is 3.98. The molecule has 28 heavy (non-hydrogen) atoms. The van der Waals surface area contributed by atoms with Crippen molar-refractivity contribution in [1.29, 1.82) is 0 Å². The molecule has 6 nitrogen and oxygen atoms in total. The molecular weight excluding hydrogens is 396 g/mol. The van der Waals surface area contributed by atoms with E-state index in [9.17, 15) is 9.59 Å². The summed E-state index contributed by atoms with van der Waals surface area (Å²) < 4.78 is 11.6. The summed E-state index contributed by atoms with van der Waals surface area (Å²) in [6, 6.07) is 7.33. The van der Waals surface area contributed by atoms with E-state index in [1.807, 2.05) is 31.2 Å². The van der Waals surface area contributed by atoms with Crippen LogP contribution >= 0.6 is 23.1 Å². The maximum atomic E-state index is 13.4. The van der Waals surface area contributed by atoms with Crippen LogP contribution in [0.4, 0.5) is 0 Å². The van der Waals surface area contributed by atoms with Gasteiger partial charge in [-0.25, -0.2) is 4.98 Å². The van der Waals surface area contributed by atoms with Gasteiger partial charge in [-0.2, -0.15) is 0 Å². The van der Waals surface area contributed by atoms with Gasteiger partial charge in [-0.3, -0.25) is 14.2 Å². The Balaban J connectivity index is 2.17. The van der Waals surface area contributed by atoms with Crippen LogP contribution in [0.1, 0.15) is 23.8 Å². The molecule has 0 spiro atoms. The molecule has 0 bridgehead atoms. The van der Waals surface area contributed by atoms with Gasteiger partial charge in [0.15, 0.2) is 5.16 Å². The van der Waals surface area contributed by atoms with Crippen molar-refractivity contribution in [1.82, 2.24) is 9.55 Å². The summed E-state index contributed by atoms with van der Waals surface area (Å²) in [4.78, 5) is 31.6. The maximum absolute atomic E-state index is 13.4. The van der Waals surface area contributed by atoms with E-state index in [2.05, 4.69) is 6.92 Å². The van der Waals surface area contributed by atoms with E-state index in [1.54, 1.807) is 23.0 Å². The fraction of sp³-hybridized carbons (Fsp3) is 0.350. The highest BCUT2D eigenvalue weighted by atomic mass is 32.2. The highest BCUT2D eigenvalue weighted by molar-refractivity contribution is 7.99. The number of methoxy groups -OCH3 is 2. The monoisotopic (exact) mass is 418 g/mol. The number of carbonyl (C=O) groups excluding carboxylic acids is 1. The molecule has 2 aromatic heterocycles. The van der Waals surface area contributed by atoms with E-state index in [1.165, 1.54) is 18.9 Å². The summed E-state index contributed by atoms with van der Waals surface area (Å²) in [7, 11) is 2.95. The molecule has 0 saturated carbocycles. The number of esters is 1. The molecule has 1 aromatic carbocycles.